The van der Waals surface area contributed by atoms with Gasteiger partial charge in [0, 0.05) is 22.7 Å². The van der Waals surface area contributed by atoms with E-state index in [9.17, 15) is 24.3 Å². The molecule has 6 aromatic carbocycles. The van der Waals surface area contributed by atoms with Crippen LogP contribution in [0.1, 0.15) is 102 Å². The summed E-state index contributed by atoms with van der Waals surface area (Å²) in [7, 11) is 0. The monoisotopic (exact) mass is 995 g/mol. The first-order valence-corrected chi connectivity index (χ1v) is 25.2. The molecule has 0 fully saturated rings. The molecule has 0 aliphatic carbocycles. The summed E-state index contributed by atoms with van der Waals surface area (Å²) in [6, 6.07) is 31.2. The first kappa shape index (κ1) is 53.1. The third-order valence-corrected chi connectivity index (χ3v) is 13.4. The molecule has 2 unspecified atom stereocenters. The van der Waals surface area contributed by atoms with Crippen LogP contribution in [0.2, 0.25) is 5.02 Å². The van der Waals surface area contributed by atoms with Crippen molar-refractivity contribution >= 4 is 73.9 Å². The molecule has 1 heterocycles. The highest BCUT2D eigenvalue weighted by molar-refractivity contribution is 7.82. The third-order valence-electron chi connectivity index (χ3n) is 11.2. The van der Waals surface area contributed by atoms with Gasteiger partial charge in [0.15, 0.2) is 10.1 Å². The Labute approximate surface area is 417 Å². The molecule has 68 heavy (non-hydrogen) atoms. The first-order chi connectivity index (χ1) is 32.3. The number of carbonyl (C=O) groups is 1. The molecule has 10 nitrogen and oxygen atoms in total. The Hall–Kier alpha value is -5.86. The average molecular weight is 997 g/mol. The maximum absolute atomic E-state index is 12.7. The zero-order valence-electron chi connectivity index (χ0n) is 40.1. The molecular formula is C54H62ClN3O7S3. The van der Waals surface area contributed by atoms with Gasteiger partial charge in [-0.1, -0.05) is 74.2 Å². The van der Waals surface area contributed by atoms with Gasteiger partial charge < -0.3 is 34.5 Å². The number of phenolic OH excluding ortho intramolecular Hbond substituents is 3. The fourth-order valence-electron chi connectivity index (χ4n) is 7.55. The van der Waals surface area contributed by atoms with Crippen molar-refractivity contribution < 1.29 is 33.2 Å². The number of fused-ring (bicyclic) bond motifs is 1. The molecule has 6 N–H and O–H groups in total. The van der Waals surface area contributed by atoms with Gasteiger partial charge in [-0.25, -0.2) is 0 Å². The van der Waals surface area contributed by atoms with Gasteiger partial charge in [-0.2, -0.15) is 4.21 Å². The van der Waals surface area contributed by atoms with E-state index < -0.39 is 17.4 Å². The predicted molar refractivity (Wildman–Crippen MR) is 284 cm³/mol. The van der Waals surface area contributed by atoms with E-state index >= 15 is 0 Å². The van der Waals surface area contributed by atoms with Crippen LogP contribution >= 0.6 is 35.2 Å². The number of hydrogen-bond acceptors (Lipinski definition) is 9. The van der Waals surface area contributed by atoms with Crippen LogP contribution in [0.15, 0.2) is 103 Å². The number of carbonyl (C=O) groups excluding carboxylic acids is 1. The summed E-state index contributed by atoms with van der Waals surface area (Å²) in [5.41, 5.74) is 11.7. The van der Waals surface area contributed by atoms with Gasteiger partial charge >= 0.3 is 11.3 Å². The molecule has 0 aliphatic heterocycles. The number of unbranched alkanes of at least 4 members (excludes halogenated alkanes) is 1. The first-order valence-electron chi connectivity index (χ1n) is 22.5. The summed E-state index contributed by atoms with van der Waals surface area (Å²) < 4.78 is 27.7. The van der Waals surface area contributed by atoms with Crippen molar-refractivity contribution in [3.8, 4) is 28.7 Å². The van der Waals surface area contributed by atoms with Gasteiger partial charge in [-0.3, -0.25) is 9.52 Å². The quantitative estimate of drug-likeness (QED) is 0.0439. The summed E-state index contributed by atoms with van der Waals surface area (Å²) in [6.07, 6.45) is 4.04. The second-order valence-corrected chi connectivity index (χ2v) is 20.0. The summed E-state index contributed by atoms with van der Waals surface area (Å²) in [4.78, 5) is 15.8. The number of hydrogen-bond donors (Lipinski definition) is 6. The molecule has 0 aliphatic rings. The molecule has 0 saturated heterocycles. The molecule has 1 aromatic heterocycles. The van der Waals surface area contributed by atoms with Gasteiger partial charge in [-0.15, -0.1) is 11.3 Å². The summed E-state index contributed by atoms with van der Waals surface area (Å²) in [6.45, 7) is 18.2. The van der Waals surface area contributed by atoms with Gasteiger partial charge in [-0.05, 0) is 191 Å². The lowest BCUT2D eigenvalue weighted by Crippen LogP contribution is -2.33. The Morgan fingerprint density at radius 1 is 0.721 bits per heavy atom. The molecule has 7 rings (SSSR count). The average Bonchev–Trinajstić information content (AvgIpc) is 3.66. The van der Waals surface area contributed by atoms with Gasteiger partial charge in [0.1, 0.15) is 28.7 Å². The van der Waals surface area contributed by atoms with Crippen molar-refractivity contribution in [3.63, 3.8) is 0 Å². The zero-order chi connectivity index (χ0) is 49.7. The van der Waals surface area contributed by atoms with E-state index in [4.69, 9.17) is 32.7 Å². The molecule has 0 saturated carbocycles. The van der Waals surface area contributed by atoms with Crippen LogP contribution in [0, 0.1) is 52.4 Å². The van der Waals surface area contributed by atoms with Crippen LogP contribution in [0.5, 0.6) is 28.7 Å². The second-order valence-electron chi connectivity index (χ2n) is 17.0. The number of nitrogens with one attached hydrogen (secondary N) is 3. The number of halogens is 1. The van der Waals surface area contributed by atoms with E-state index in [2.05, 4.69) is 54.9 Å². The molecular weight excluding hydrogens is 934 g/mol. The highest BCUT2D eigenvalue weighted by Crippen LogP contribution is 2.38. The lowest BCUT2D eigenvalue weighted by Gasteiger charge is -2.23. The maximum Gasteiger partial charge on any atom is 0.316 e. The van der Waals surface area contributed by atoms with E-state index in [1.165, 1.54) is 22.5 Å². The number of aromatic amines is 1. The molecule has 0 bridgehead atoms. The minimum atomic E-state index is -1.69. The van der Waals surface area contributed by atoms with E-state index in [0.29, 0.717) is 49.9 Å². The molecule has 7 aromatic rings. The van der Waals surface area contributed by atoms with E-state index in [1.807, 2.05) is 71.0 Å². The van der Waals surface area contributed by atoms with Gasteiger partial charge in [0.2, 0.25) is 0 Å². The molecule has 360 valence electrons. The van der Waals surface area contributed by atoms with E-state index in [0.717, 1.165) is 80.6 Å². The number of benzene rings is 6. The number of aryl methyl sites for hydroxylation is 7. The summed E-state index contributed by atoms with van der Waals surface area (Å²) in [5, 5.41) is 33.2. The molecule has 1 amide bonds. The van der Waals surface area contributed by atoms with E-state index in [1.54, 1.807) is 54.6 Å². The number of ether oxygens (including phenoxy) is 1. The Balaban J connectivity index is 0.000000191. The number of rotatable bonds is 15. The minimum Gasteiger partial charge on any atom is -0.508 e. The van der Waals surface area contributed by atoms with Crippen LogP contribution in [-0.2, 0) is 16.1 Å². The smallest absolute Gasteiger partial charge is 0.316 e. The number of thiazole rings is 1. The highest BCUT2D eigenvalue weighted by Gasteiger charge is 2.23. The van der Waals surface area contributed by atoms with Crippen LogP contribution in [0.4, 0.5) is 11.4 Å². The molecule has 14 heteroatoms. The van der Waals surface area contributed by atoms with Crippen LogP contribution in [0.25, 0.3) is 10.2 Å². The number of aromatic nitrogens is 1. The third kappa shape index (κ3) is 15.1. The van der Waals surface area contributed by atoms with Crippen LogP contribution in [0.3, 0.4) is 0 Å². The van der Waals surface area contributed by atoms with Crippen molar-refractivity contribution in [1.82, 2.24) is 4.98 Å². The zero-order valence-corrected chi connectivity index (χ0v) is 43.3. The standard InChI is InChI=1S/C21H27NO3.C20H26O2.C13H9ClN2O2S3/c1-5-6-7-20(25-19-11-9-14(2)12-16(19)4)21(24)22-17-13-15(3)8-10-18(17)23;1-6-7-16(17-8-14(4)19(21)10-12(17)2)18-9-15(5)20(22)11-13(18)3;14-8-1-3-9(4-2-8)16-21(17)18-10-5-6-12-11(7-10)15-13(19)20-12/h8-13,20,23H,5-7H2,1-4H3,(H,22,24);8-11,16,21-22H,6-7H2,1-5H3;1-7,16H,(H,15,19). The van der Waals surface area contributed by atoms with Crippen LogP contribution in [-0.4, -0.2) is 36.5 Å². The largest absolute Gasteiger partial charge is 0.508 e. The summed E-state index contributed by atoms with van der Waals surface area (Å²) >= 11 is 10.7. The van der Waals surface area contributed by atoms with Crippen molar-refractivity contribution in [1.29, 1.82) is 0 Å². The number of amides is 1. The summed E-state index contributed by atoms with van der Waals surface area (Å²) in [5.74, 6) is 2.03. The van der Waals surface area contributed by atoms with Crippen molar-refractivity contribution in [2.45, 2.75) is 106 Å². The number of phenols is 3. The second kappa shape index (κ2) is 25.0. The maximum atomic E-state index is 12.7. The highest BCUT2D eigenvalue weighted by atomic mass is 35.5. The Bertz CT molecular complexity index is 2860. The molecule has 0 spiro atoms. The normalized spacial score (nSPS) is 11.8. The molecule has 2 atom stereocenters. The van der Waals surface area contributed by atoms with Gasteiger partial charge in [0.05, 0.1) is 15.9 Å². The predicted octanol–water partition coefficient (Wildman–Crippen LogP) is 14.8. The fourth-order valence-corrected chi connectivity index (χ4v) is 9.42. The van der Waals surface area contributed by atoms with E-state index in [-0.39, 0.29) is 11.7 Å². The Kier molecular flexibility index (Phi) is 19.5. The number of aromatic hydroxyl groups is 3. The van der Waals surface area contributed by atoms with Gasteiger partial charge in [0.25, 0.3) is 5.91 Å². The lowest BCUT2D eigenvalue weighted by atomic mass is 9.82. The van der Waals surface area contributed by atoms with Crippen molar-refractivity contribution in [2.75, 3.05) is 10.0 Å². The lowest BCUT2D eigenvalue weighted by molar-refractivity contribution is -0.123. The number of anilines is 2. The number of H-pyrrole nitrogens is 1. The Morgan fingerprint density at radius 2 is 1.34 bits per heavy atom. The SMILES string of the molecule is CCCC(c1cc(C)c(O)cc1C)c1cc(C)c(O)cc1C.CCCCC(Oc1ccc(C)cc1C)C(=O)Nc1cc(C)ccc1O.O=S(Nc1ccc(Cl)cc1)Oc1ccc2sc(=S)[nH]c2c1. The topological polar surface area (TPSA) is 153 Å². The molecule has 0 radical (unpaired) electrons. The Morgan fingerprint density at radius 3 is 1.94 bits per heavy atom. The minimum absolute atomic E-state index is 0.0553. The van der Waals surface area contributed by atoms with Crippen LogP contribution < -0.4 is 19.0 Å². The van der Waals surface area contributed by atoms with Crippen molar-refractivity contribution in [2.24, 2.45) is 0 Å². The fraction of sp³-hybridized carbons (Fsp3) is 0.296. The van der Waals surface area contributed by atoms with Crippen molar-refractivity contribution in [3.05, 3.63) is 162 Å².